The van der Waals surface area contributed by atoms with Gasteiger partial charge in [0.25, 0.3) is 0 Å². The first-order valence-corrected chi connectivity index (χ1v) is 9.51. The van der Waals surface area contributed by atoms with Gasteiger partial charge >= 0.3 is 0 Å². The molecule has 126 valence electrons. The number of morpholine rings is 1. The van der Waals surface area contributed by atoms with Gasteiger partial charge in [-0.05, 0) is 48.9 Å². The third-order valence-corrected chi connectivity index (χ3v) is 5.85. The van der Waals surface area contributed by atoms with Crippen LogP contribution >= 0.6 is 0 Å². The highest BCUT2D eigenvalue weighted by molar-refractivity contribution is 7.89. The van der Waals surface area contributed by atoms with E-state index in [2.05, 4.69) is 4.72 Å². The standard InChI is InChI=1S/C16H22N2O4S/c19-16-12-22-10-9-18(16)8-7-17-23(20,21)15-6-5-13-3-1-2-4-14(13)11-15/h5-6,11,17H,1-4,7-10,12H2. The summed E-state index contributed by atoms with van der Waals surface area (Å²) in [5.74, 6) is -0.0933. The third-order valence-electron chi connectivity index (χ3n) is 4.39. The highest BCUT2D eigenvalue weighted by Gasteiger charge is 2.20. The number of rotatable bonds is 5. The van der Waals surface area contributed by atoms with Crippen LogP contribution in [-0.2, 0) is 32.4 Å². The molecule has 0 radical (unpaired) electrons. The number of sulfonamides is 1. The van der Waals surface area contributed by atoms with Gasteiger partial charge < -0.3 is 9.64 Å². The lowest BCUT2D eigenvalue weighted by atomic mass is 9.92. The Hall–Kier alpha value is -1.44. The van der Waals surface area contributed by atoms with Crippen LogP contribution < -0.4 is 4.72 Å². The number of carbonyl (C=O) groups excluding carboxylic acids is 1. The smallest absolute Gasteiger partial charge is 0.248 e. The number of nitrogens with one attached hydrogen (secondary N) is 1. The van der Waals surface area contributed by atoms with Crippen molar-refractivity contribution in [3.63, 3.8) is 0 Å². The van der Waals surface area contributed by atoms with Crippen molar-refractivity contribution in [2.45, 2.75) is 30.6 Å². The van der Waals surface area contributed by atoms with Gasteiger partial charge in [0, 0.05) is 19.6 Å². The largest absolute Gasteiger partial charge is 0.370 e. The maximum absolute atomic E-state index is 12.4. The maximum atomic E-state index is 12.4. The molecule has 1 saturated heterocycles. The summed E-state index contributed by atoms with van der Waals surface area (Å²) in [6, 6.07) is 5.39. The topological polar surface area (TPSA) is 75.7 Å². The third kappa shape index (κ3) is 3.91. The number of amides is 1. The molecule has 1 aromatic rings. The summed E-state index contributed by atoms with van der Waals surface area (Å²) in [6.07, 6.45) is 4.26. The van der Waals surface area contributed by atoms with Crippen LogP contribution in [0.2, 0.25) is 0 Å². The van der Waals surface area contributed by atoms with Crippen molar-refractivity contribution in [1.82, 2.24) is 9.62 Å². The fraction of sp³-hybridized carbons (Fsp3) is 0.562. The van der Waals surface area contributed by atoms with Gasteiger partial charge in [0.2, 0.25) is 15.9 Å². The van der Waals surface area contributed by atoms with Gasteiger partial charge in [-0.2, -0.15) is 0 Å². The molecule has 0 atom stereocenters. The molecule has 1 amide bonds. The van der Waals surface area contributed by atoms with E-state index in [1.54, 1.807) is 17.0 Å². The highest BCUT2D eigenvalue weighted by Crippen LogP contribution is 2.23. The first-order chi connectivity index (χ1) is 11.1. The Morgan fingerprint density at radius 2 is 1.96 bits per heavy atom. The lowest BCUT2D eigenvalue weighted by Crippen LogP contribution is -2.45. The zero-order valence-corrected chi connectivity index (χ0v) is 13.9. The van der Waals surface area contributed by atoms with E-state index in [-0.39, 0.29) is 19.1 Å². The van der Waals surface area contributed by atoms with E-state index in [4.69, 9.17) is 4.74 Å². The van der Waals surface area contributed by atoms with Crippen LogP contribution in [-0.4, -0.2) is 52.1 Å². The molecule has 0 unspecified atom stereocenters. The number of aryl methyl sites for hydroxylation is 2. The number of nitrogens with zero attached hydrogens (tertiary/aromatic N) is 1. The monoisotopic (exact) mass is 338 g/mol. The Balaban J connectivity index is 1.61. The molecule has 1 aliphatic carbocycles. The van der Waals surface area contributed by atoms with E-state index < -0.39 is 10.0 Å². The average Bonchev–Trinajstić information content (AvgIpc) is 2.56. The molecule has 1 fully saturated rings. The van der Waals surface area contributed by atoms with Crippen molar-refractivity contribution in [2.75, 3.05) is 32.8 Å². The molecule has 6 nitrogen and oxygen atoms in total. The van der Waals surface area contributed by atoms with Crippen molar-refractivity contribution in [1.29, 1.82) is 0 Å². The molecular weight excluding hydrogens is 316 g/mol. The molecule has 2 aliphatic rings. The molecule has 1 aliphatic heterocycles. The second-order valence-electron chi connectivity index (χ2n) is 5.97. The average molecular weight is 338 g/mol. The van der Waals surface area contributed by atoms with Crippen LogP contribution in [0.15, 0.2) is 23.1 Å². The lowest BCUT2D eigenvalue weighted by molar-refractivity contribution is -0.142. The lowest BCUT2D eigenvalue weighted by Gasteiger charge is -2.26. The minimum atomic E-state index is -3.53. The number of hydrogen-bond acceptors (Lipinski definition) is 4. The second-order valence-corrected chi connectivity index (χ2v) is 7.74. The Bertz CT molecular complexity index is 687. The molecule has 0 aromatic heterocycles. The molecule has 7 heteroatoms. The highest BCUT2D eigenvalue weighted by atomic mass is 32.2. The summed E-state index contributed by atoms with van der Waals surface area (Å²) in [5.41, 5.74) is 2.40. The number of fused-ring (bicyclic) bond motifs is 1. The molecule has 0 spiro atoms. The SMILES string of the molecule is O=C1COCCN1CCNS(=O)(=O)c1ccc2c(c1)CCCC2. The minimum absolute atomic E-state index is 0.0809. The van der Waals surface area contributed by atoms with Crippen molar-refractivity contribution in [3.8, 4) is 0 Å². The number of hydrogen-bond donors (Lipinski definition) is 1. The Labute approximate surface area is 136 Å². The van der Waals surface area contributed by atoms with Gasteiger partial charge in [-0.25, -0.2) is 13.1 Å². The van der Waals surface area contributed by atoms with Gasteiger partial charge in [0.15, 0.2) is 0 Å². The first-order valence-electron chi connectivity index (χ1n) is 8.03. The molecule has 1 heterocycles. The van der Waals surface area contributed by atoms with Crippen LogP contribution in [0.25, 0.3) is 0 Å². The molecule has 23 heavy (non-hydrogen) atoms. The van der Waals surface area contributed by atoms with Crippen molar-refractivity contribution in [3.05, 3.63) is 29.3 Å². The van der Waals surface area contributed by atoms with Crippen LogP contribution in [0.5, 0.6) is 0 Å². The van der Waals surface area contributed by atoms with Crippen LogP contribution in [0.3, 0.4) is 0 Å². The number of benzene rings is 1. The van der Waals surface area contributed by atoms with E-state index in [9.17, 15) is 13.2 Å². The molecule has 1 N–H and O–H groups in total. The zero-order chi connectivity index (χ0) is 16.3. The Morgan fingerprint density at radius 1 is 1.17 bits per heavy atom. The second kappa shape index (κ2) is 6.98. The van der Waals surface area contributed by atoms with Crippen molar-refractivity contribution in [2.24, 2.45) is 0 Å². The summed E-state index contributed by atoms with van der Waals surface area (Å²) in [6.45, 7) is 1.68. The zero-order valence-electron chi connectivity index (χ0n) is 13.1. The fourth-order valence-electron chi connectivity index (χ4n) is 3.06. The summed E-state index contributed by atoms with van der Waals surface area (Å²) in [4.78, 5) is 13.5. The van der Waals surface area contributed by atoms with Crippen LogP contribution in [0.4, 0.5) is 0 Å². The van der Waals surface area contributed by atoms with Gasteiger partial charge in [-0.15, -0.1) is 0 Å². The van der Waals surface area contributed by atoms with Crippen molar-refractivity contribution >= 4 is 15.9 Å². The number of carbonyl (C=O) groups is 1. The first kappa shape index (κ1) is 16.4. The Kier molecular flexibility index (Phi) is 4.99. The Morgan fingerprint density at radius 3 is 2.74 bits per heavy atom. The van der Waals surface area contributed by atoms with Gasteiger partial charge in [-0.3, -0.25) is 4.79 Å². The normalized spacial score (nSPS) is 18.8. The summed E-state index contributed by atoms with van der Waals surface area (Å²) in [5, 5.41) is 0. The van der Waals surface area contributed by atoms with Gasteiger partial charge in [0.1, 0.15) is 6.61 Å². The predicted molar refractivity (Wildman–Crippen MR) is 85.7 cm³/mol. The fourth-order valence-corrected chi connectivity index (χ4v) is 4.13. The molecule has 0 bridgehead atoms. The van der Waals surface area contributed by atoms with E-state index in [1.165, 1.54) is 12.0 Å². The van der Waals surface area contributed by atoms with E-state index in [1.807, 2.05) is 6.07 Å². The van der Waals surface area contributed by atoms with Gasteiger partial charge in [0.05, 0.1) is 11.5 Å². The van der Waals surface area contributed by atoms with E-state index in [0.717, 1.165) is 24.8 Å². The minimum Gasteiger partial charge on any atom is -0.370 e. The van der Waals surface area contributed by atoms with Crippen LogP contribution in [0.1, 0.15) is 24.0 Å². The van der Waals surface area contributed by atoms with E-state index in [0.29, 0.717) is 24.6 Å². The van der Waals surface area contributed by atoms with Crippen molar-refractivity contribution < 1.29 is 17.9 Å². The molecular formula is C16H22N2O4S. The summed E-state index contributed by atoms with van der Waals surface area (Å²) >= 11 is 0. The van der Waals surface area contributed by atoms with Crippen LogP contribution in [0, 0.1) is 0 Å². The maximum Gasteiger partial charge on any atom is 0.248 e. The molecule has 3 rings (SSSR count). The molecule has 0 saturated carbocycles. The number of ether oxygens (including phenoxy) is 1. The quantitative estimate of drug-likeness (QED) is 0.858. The summed E-state index contributed by atoms with van der Waals surface area (Å²) < 4.78 is 32.4. The molecule has 1 aromatic carbocycles. The van der Waals surface area contributed by atoms with Gasteiger partial charge in [-0.1, -0.05) is 6.07 Å². The predicted octanol–water partition coefficient (Wildman–Crippen LogP) is 0.703. The summed E-state index contributed by atoms with van der Waals surface area (Å²) in [7, 11) is -3.53. The van der Waals surface area contributed by atoms with E-state index >= 15 is 0 Å².